The van der Waals surface area contributed by atoms with E-state index >= 15 is 0 Å². The molecule has 2 aliphatic rings. The molecule has 0 spiro atoms. The van der Waals surface area contributed by atoms with Gasteiger partial charge in [0.05, 0.1) is 19.4 Å². The highest BCUT2D eigenvalue weighted by Gasteiger charge is 2.42. The number of rotatable bonds is 8. The van der Waals surface area contributed by atoms with Gasteiger partial charge < -0.3 is 18.5 Å². The number of aromatic nitrogens is 4. The van der Waals surface area contributed by atoms with Gasteiger partial charge in [0.1, 0.15) is 22.8 Å². The highest BCUT2D eigenvalue weighted by molar-refractivity contribution is 5.89. The van der Waals surface area contributed by atoms with Crippen LogP contribution in [-0.4, -0.2) is 45.9 Å². The average molecular weight is 515 g/mol. The number of carbonyl (C=O) groups excluding carboxylic acids is 2. The lowest BCUT2D eigenvalue weighted by molar-refractivity contribution is 0.0476. The highest BCUT2D eigenvalue weighted by atomic mass is 16.5. The van der Waals surface area contributed by atoms with Crippen molar-refractivity contribution in [2.75, 3.05) is 13.7 Å². The van der Waals surface area contributed by atoms with Crippen molar-refractivity contribution in [3.05, 3.63) is 70.6 Å². The van der Waals surface area contributed by atoms with E-state index in [-0.39, 0.29) is 29.8 Å². The van der Waals surface area contributed by atoms with Crippen molar-refractivity contribution in [1.82, 2.24) is 20.3 Å². The molecule has 2 aliphatic carbocycles. The zero-order valence-corrected chi connectivity index (χ0v) is 21.3. The molecule has 0 amide bonds. The summed E-state index contributed by atoms with van der Waals surface area (Å²) in [5, 5.41) is 8.41. The monoisotopic (exact) mass is 514 g/mol. The molecule has 0 N–H and O–H groups in total. The zero-order valence-electron chi connectivity index (χ0n) is 21.3. The van der Waals surface area contributed by atoms with Crippen molar-refractivity contribution in [2.45, 2.75) is 44.9 Å². The van der Waals surface area contributed by atoms with Gasteiger partial charge in [0.25, 0.3) is 0 Å². The van der Waals surface area contributed by atoms with Crippen LogP contribution in [0.25, 0.3) is 22.6 Å². The Morgan fingerprint density at radius 1 is 0.921 bits per heavy atom. The number of aryl methyl sites for hydroxylation is 2. The molecule has 10 nitrogen and oxygen atoms in total. The number of hydrogen-bond acceptors (Lipinski definition) is 10. The standard InChI is InChI=1S/C28H26N4O6/c1-14-11-30-24(7-18(14)21-9-25(37-31-21)16-4-5-16)28(34)36-13-17-6-20(17)22-10-26(38-32-22)19-8-23(27(33)35-3)29-12-15(19)2/h7-12,16-17,20H,4-6,13H2,1-3H3. The Morgan fingerprint density at radius 3 is 2.37 bits per heavy atom. The number of ether oxygens (including phenoxy) is 2. The third kappa shape index (κ3) is 4.69. The molecule has 6 rings (SSSR count). The molecule has 0 radical (unpaired) electrons. The van der Waals surface area contributed by atoms with Crippen molar-refractivity contribution in [2.24, 2.45) is 5.92 Å². The Labute approximate surface area is 218 Å². The van der Waals surface area contributed by atoms with Crippen LogP contribution in [0.15, 0.2) is 45.7 Å². The molecule has 2 fully saturated rings. The maximum absolute atomic E-state index is 12.8. The lowest BCUT2D eigenvalue weighted by Crippen LogP contribution is -2.10. The predicted octanol–water partition coefficient (Wildman–Crippen LogP) is 5.03. The molecule has 4 heterocycles. The molecule has 0 aliphatic heterocycles. The average Bonchev–Trinajstić information content (AvgIpc) is 3.83. The summed E-state index contributed by atoms with van der Waals surface area (Å²) < 4.78 is 21.4. The molecule has 2 unspecified atom stereocenters. The largest absolute Gasteiger partial charge is 0.464 e. The van der Waals surface area contributed by atoms with E-state index in [0.29, 0.717) is 17.4 Å². The molecular formula is C28H26N4O6. The maximum Gasteiger partial charge on any atom is 0.356 e. The molecule has 0 bridgehead atoms. The van der Waals surface area contributed by atoms with Crippen molar-refractivity contribution < 1.29 is 28.1 Å². The number of methoxy groups -OCH3 is 1. The van der Waals surface area contributed by atoms with Crippen molar-refractivity contribution in [3.63, 3.8) is 0 Å². The molecule has 4 aromatic heterocycles. The summed E-state index contributed by atoms with van der Waals surface area (Å²) in [5.74, 6) is 1.16. The van der Waals surface area contributed by atoms with Gasteiger partial charge in [0.2, 0.25) is 0 Å². The van der Waals surface area contributed by atoms with Crippen LogP contribution in [0.5, 0.6) is 0 Å². The Balaban J connectivity index is 1.09. The van der Waals surface area contributed by atoms with Crippen LogP contribution in [0, 0.1) is 19.8 Å². The molecule has 10 heteroatoms. The summed E-state index contributed by atoms with van der Waals surface area (Å²) in [5.41, 5.74) is 5.20. The van der Waals surface area contributed by atoms with E-state index in [1.54, 1.807) is 24.5 Å². The first-order valence-corrected chi connectivity index (χ1v) is 12.5. The highest BCUT2D eigenvalue weighted by Crippen LogP contribution is 2.48. The van der Waals surface area contributed by atoms with Crippen LogP contribution >= 0.6 is 0 Å². The van der Waals surface area contributed by atoms with E-state index in [9.17, 15) is 9.59 Å². The van der Waals surface area contributed by atoms with Gasteiger partial charge in [-0.3, -0.25) is 0 Å². The number of carbonyl (C=O) groups is 2. The lowest BCUT2D eigenvalue weighted by Gasteiger charge is -2.06. The topological polar surface area (TPSA) is 130 Å². The van der Waals surface area contributed by atoms with Gasteiger partial charge in [0.15, 0.2) is 5.76 Å². The van der Waals surface area contributed by atoms with Gasteiger partial charge in [-0.1, -0.05) is 10.3 Å². The number of hydrogen-bond donors (Lipinski definition) is 0. The third-order valence-electron chi connectivity index (χ3n) is 7.12. The molecule has 194 valence electrons. The van der Waals surface area contributed by atoms with Gasteiger partial charge in [-0.2, -0.15) is 0 Å². The maximum atomic E-state index is 12.8. The quantitative estimate of drug-likeness (QED) is 0.295. The second kappa shape index (κ2) is 9.51. The normalized spacial score (nSPS) is 18.3. The van der Waals surface area contributed by atoms with Gasteiger partial charge in [-0.05, 0) is 56.4 Å². The summed E-state index contributed by atoms with van der Waals surface area (Å²) in [7, 11) is 1.31. The van der Waals surface area contributed by atoms with Crippen molar-refractivity contribution in [3.8, 4) is 22.6 Å². The fourth-order valence-corrected chi connectivity index (χ4v) is 4.53. The van der Waals surface area contributed by atoms with Crippen LogP contribution in [0.3, 0.4) is 0 Å². The molecule has 0 saturated heterocycles. The summed E-state index contributed by atoms with van der Waals surface area (Å²) in [6.07, 6.45) is 6.33. The fraction of sp³-hybridized carbons (Fsp3) is 0.357. The van der Waals surface area contributed by atoms with E-state index in [1.807, 2.05) is 26.0 Å². The molecule has 2 atom stereocenters. The van der Waals surface area contributed by atoms with Crippen molar-refractivity contribution in [1.29, 1.82) is 0 Å². The predicted molar refractivity (Wildman–Crippen MR) is 133 cm³/mol. The van der Waals surface area contributed by atoms with E-state index < -0.39 is 11.9 Å². The second-order valence-electron chi connectivity index (χ2n) is 9.97. The number of nitrogens with zero attached hydrogens (tertiary/aromatic N) is 4. The molecule has 4 aromatic rings. The van der Waals surface area contributed by atoms with Gasteiger partial charge in [0, 0.05) is 53.4 Å². The summed E-state index contributed by atoms with van der Waals surface area (Å²) in [4.78, 5) is 33.0. The first-order valence-electron chi connectivity index (χ1n) is 12.5. The molecular weight excluding hydrogens is 488 g/mol. The van der Waals surface area contributed by atoms with E-state index in [2.05, 4.69) is 20.3 Å². The molecule has 0 aromatic carbocycles. The Hall–Kier alpha value is -4.34. The summed E-state index contributed by atoms with van der Waals surface area (Å²) >= 11 is 0. The van der Waals surface area contributed by atoms with Crippen LogP contribution in [0.2, 0.25) is 0 Å². The number of esters is 2. The van der Waals surface area contributed by atoms with Crippen LogP contribution < -0.4 is 0 Å². The molecule has 38 heavy (non-hydrogen) atoms. The number of pyridine rings is 2. The van der Waals surface area contributed by atoms with Crippen LogP contribution in [-0.2, 0) is 9.47 Å². The minimum absolute atomic E-state index is 0.125. The fourth-order valence-electron chi connectivity index (χ4n) is 4.53. The van der Waals surface area contributed by atoms with Crippen LogP contribution in [0.4, 0.5) is 0 Å². The first-order chi connectivity index (χ1) is 18.4. The van der Waals surface area contributed by atoms with Crippen molar-refractivity contribution >= 4 is 11.9 Å². The molecule has 2 saturated carbocycles. The smallest absolute Gasteiger partial charge is 0.356 e. The van der Waals surface area contributed by atoms with E-state index in [1.165, 1.54) is 7.11 Å². The zero-order chi connectivity index (χ0) is 26.4. The summed E-state index contributed by atoms with van der Waals surface area (Å²) in [6.45, 7) is 4.06. The lowest BCUT2D eigenvalue weighted by atomic mass is 10.1. The van der Waals surface area contributed by atoms with Gasteiger partial charge in [-0.25, -0.2) is 19.6 Å². The van der Waals surface area contributed by atoms with E-state index in [4.69, 9.17) is 18.5 Å². The Bertz CT molecular complexity index is 1540. The minimum Gasteiger partial charge on any atom is -0.464 e. The second-order valence-corrected chi connectivity index (χ2v) is 9.97. The first kappa shape index (κ1) is 24.0. The van der Waals surface area contributed by atoms with Gasteiger partial charge >= 0.3 is 11.9 Å². The Kier molecular flexibility index (Phi) is 6.01. The minimum atomic E-state index is -0.519. The Morgan fingerprint density at radius 2 is 1.63 bits per heavy atom. The van der Waals surface area contributed by atoms with E-state index in [0.717, 1.165) is 53.0 Å². The van der Waals surface area contributed by atoms with Gasteiger partial charge in [-0.15, -0.1) is 0 Å². The SMILES string of the molecule is COC(=O)c1cc(-c2cc(C3CC3COC(=O)c3cc(-c4cc(C5CC5)on4)c(C)cn3)no2)c(C)cn1. The summed E-state index contributed by atoms with van der Waals surface area (Å²) in [6, 6.07) is 7.14. The third-order valence-corrected chi connectivity index (χ3v) is 7.12. The van der Waals surface area contributed by atoms with Crippen LogP contribution in [0.1, 0.15) is 74.7 Å².